The fourth-order valence-electron chi connectivity index (χ4n) is 1.14. The molecule has 0 bridgehead atoms. The first-order chi connectivity index (χ1) is 6.75. The molecule has 0 aliphatic heterocycles. The molecule has 0 aromatic heterocycles. The summed E-state index contributed by atoms with van der Waals surface area (Å²) in [5.41, 5.74) is 0.799. The van der Waals surface area contributed by atoms with Crippen molar-refractivity contribution in [2.75, 3.05) is 12.7 Å². The number of halogens is 1. The van der Waals surface area contributed by atoms with Gasteiger partial charge in [0.2, 0.25) is 0 Å². The molecule has 0 amide bonds. The van der Waals surface area contributed by atoms with E-state index in [0.29, 0.717) is 18.6 Å². The van der Waals surface area contributed by atoms with Gasteiger partial charge < -0.3 is 4.74 Å². The van der Waals surface area contributed by atoms with Crippen molar-refractivity contribution in [1.29, 1.82) is 0 Å². The monoisotopic (exact) mass is 215 g/mol. The molecule has 0 N–H and O–H groups in total. The van der Waals surface area contributed by atoms with Gasteiger partial charge in [-0.15, -0.1) is 0 Å². The van der Waals surface area contributed by atoms with Crippen LogP contribution in [-0.4, -0.2) is 17.6 Å². The van der Waals surface area contributed by atoms with Crippen LogP contribution in [-0.2, 0) is 11.2 Å². The van der Waals surface area contributed by atoms with Crippen LogP contribution >= 0.6 is 11.6 Å². The minimum atomic E-state index is -0.393. The third-order valence-corrected chi connectivity index (χ3v) is 1.94. The van der Waals surface area contributed by atoms with E-state index in [9.17, 15) is 10.1 Å². The molecule has 1 aromatic carbocycles. The fraction of sp³-hybridized carbons (Fsp3) is 0.333. The second kappa shape index (κ2) is 5.57. The van der Waals surface area contributed by atoms with Gasteiger partial charge in [-0.3, -0.25) is 10.1 Å². The topological polar surface area (TPSA) is 52.4 Å². The van der Waals surface area contributed by atoms with Crippen LogP contribution in [0.4, 0.5) is 5.69 Å². The maximum absolute atomic E-state index is 10.6. The number of nitro benzene ring substituents is 1. The Morgan fingerprint density at radius 3 is 2.79 bits per heavy atom. The molecule has 1 aromatic rings. The highest BCUT2D eigenvalue weighted by Crippen LogP contribution is 2.17. The molecule has 0 heterocycles. The molecule has 4 nitrogen and oxygen atoms in total. The van der Waals surface area contributed by atoms with Gasteiger partial charge in [-0.2, -0.15) is 0 Å². The van der Waals surface area contributed by atoms with Gasteiger partial charge in [0.25, 0.3) is 5.69 Å². The molecule has 0 unspecified atom stereocenters. The van der Waals surface area contributed by atoms with Gasteiger partial charge in [-0.25, -0.2) is 0 Å². The highest BCUT2D eigenvalue weighted by Gasteiger charge is 2.11. The Kier molecular flexibility index (Phi) is 4.35. The Hall–Kier alpha value is -1.13. The number of ether oxygens (including phenoxy) is 1. The van der Waals surface area contributed by atoms with Crippen LogP contribution in [0, 0.1) is 10.1 Å². The summed E-state index contributed by atoms with van der Waals surface area (Å²) in [4.78, 5) is 10.2. The number of hydrogen-bond acceptors (Lipinski definition) is 3. The minimum absolute atomic E-state index is 0.112. The van der Waals surface area contributed by atoms with E-state index in [1.54, 1.807) is 18.2 Å². The number of alkyl halides is 1. The van der Waals surface area contributed by atoms with E-state index in [4.69, 9.17) is 16.3 Å². The van der Waals surface area contributed by atoms with Crippen molar-refractivity contribution in [2.24, 2.45) is 0 Å². The average molecular weight is 216 g/mol. The van der Waals surface area contributed by atoms with Crippen molar-refractivity contribution in [2.45, 2.75) is 6.42 Å². The standard InChI is InChI=1S/C9H10ClNO3/c10-7-14-6-5-8-3-1-2-4-9(8)11(12)13/h1-4H,5-7H2. The van der Waals surface area contributed by atoms with Crippen LogP contribution in [0.1, 0.15) is 5.56 Å². The van der Waals surface area contributed by atoms with Crippen LogP contribution in [0.3, 0.4) is 0 Å². The normalized spacial score (nSPS) is 10.1. The maximum Gasteiger partial charge on any atom is 0.272 e. The number of nitro groups is 1. The van der Waals surface area contributed by atoms with Crippen molar-refractivity contribution in [3.63, 3.8) is 0 Å². The molecule has 0 saturated carbocycles. The van der Waals surface area contributed by atoms with E-state index < -0.39 is 4.92 Å². The Labute approximate surface area is 86.6 Å². The zero-order valence-electron chi connectivity index (χ0n) is 7.48. The van der Waals surface area contributed by atoms with E-state index in [-0.39, 0.29) is 11.8 Å². The SMILES string of the molecule is O=[N+]([O-])c1ccccc1CCOCCl. The zero-order chi connectivity index (χ0) is 10.4. The Bertz CT molecular complexity index is 317. The first-order valence-electron chi connectivity index (χ1n) is 4.11. The Morgan fingerprint density at radius 1 is 1.43 bits per heavy atom. The van der Waals surface area contributed by atoms with Gasteiger partial charge in [-0.05, 0) is 0 Å². The third kappa shape index (κ3) is 2.97. The maximum atomic E-state index is 10.6. The smallest absolute Gasteiger partial charge is 0.272 e. The quantitative estimate of drug-likeness (QED) is 0.328. The summed E-state index contributed by atoms with van der Waals surface area (Å²) >= 11 is 5.31. The summed E-state index contributed by atoms with van der Waals surface area (Å²) in [5, 5.41) is 10.6. The number of hydrogen-bond donors (Lipinski definition) is 0. The fourth-order valence-corrected chi connectivity index (χ4v) is 1.25. The highest BCUT2D eigenvalue weighted by molar-refractivity contribution is 6.17. The van der Waals surface area contributed by atoms with Crippen molar-refractivity contribution in [3.05, 3.63) is 39.9 Å². The summed E-state index contributed by atoms with van der Waals surface area (Å²) in [5.74, 6) is 0. The molecule has 0 aliphatic carbocycles. The zero-order valence-corrected chi connectivity index (χ0v) is 8.24. The first-order valence-corrected chi connectivity index (χ1v) is 4.65. The summed E-state index contributed by atoms with van der Waals surface area (Å²) in [6.45, 7) is 0.397. The van der Waals surface area contributed by atoms with E-state index in [0.717, 1.165) is 0 Å². The van der Waals surface area contributed by atoms with Crippen LogP contribution in [0.15, 0.2) is 24.3 Å². The number of rotatable bonds is 5. The number of nitrogens with zero attached hydrogens (tertiary/aromatic N) is 1. The lowest BCUT2D eigenvalue weighted by molar-refractivity contribution is -0.385. The second-order valence-corrected chi connectivity index (χ2v) is 2.87. The van der Waals surface area contributed by atoms with Crippen molar-refractivity contribution < 1.29 is 9.66 Å². The predicted molar refractivity (Wildman–Crippen MR) is 53.5 cm³/mol. The second-order valence-electron chi connectivity index (χ2n) is 2.65. The molecule has 76 valence electrons. The molecular formula is C9H10ClNO3. The summed E-state index contributed by atoms with van der Waals surface area (Å²) in [6.07, 6.45) is 0.504. The molecule has 0 atom stereocenters. The molecule has 0 spiro atoms. The van der Waals surface area contributed by atoms with Gasteiger partial charge in [-0.1, -0.05) is 29.8 Å². The van der Waals surface area contributed by atoms with E-state index in [1.165, 1.54) is 6.07 Å². The molecule has 0 aliphatic rings. The van der Waals surface area contributed by atoms with Crippen LogP contribution in [0.2, 0.25) is 0 Å². The van der Waals surface area contributed by atoms with E-state index in [1.807, 2.05) is 0 Å². The average Bonchev–Trinajstić information content (AvgIpc) is 2.19. The van der Waals surface area contributed by atoms with Crippen molar-refractivity contribution >= 4 is 17.3 Å². The van der Waals surface area contributed by atoms with E-state index in [2.05, 4.69) is 0 Å². The Morgan fingerprint density at radius 2 is 2.14 bits per heavy atom. The summed E-state index contributed by atoms with van der Waals surface area (Å²) in [7, 11) is 0. The molecule has 0 saturated heterocycles. The van der Waals surface area contributed by atoms with Gasteiger partial charge >= 0.3 is 0 Å². The lowest BCUT2D eigenvalue weighted by atomic mass is 10.1. The predicted octanol–water partition coefficient (Wildman–Crippen LogP) is 2.35. The molecule has 5 heteroatoms. The molecule has 14 heavy (non-hydrogen) atoms. The lowest BCUT2D eigenvalue weighted by Crippen LogP contribution is -2.00. The highest BCUT2D eigenvalue weighted by atomic mass is 35.5. The number of para-hydroxylation sites is 1. The Balaban J connectivity index is 2.69. The summed E-state index contributed by atoms with van der Waals surface area (Å²) in [6, 6.07) is 6.72. The van der Waals surface area contributed by atoms with Crippen LogP contribution in [0.5, 0.6) is 0 Å². The van der Waals surface area contributed by atoms with Gasteiger partial charge in [0.15, 0.2) is 0 Å². The third-order valence-electron chi connectivity index (χ3n) is 1.78. The van der Waals surface area contributed by atoms with Crippen molar-refractivity contribution in [1.82, 2.24) is 0 Å². The molecule has 0 fully saturated rings. The van der Waals surface area contributed by atoms with Crippen molar-refractivity contribution in [3.8, 4) is 0 Å². The molecular weight excluding hydrogens is 206 g/mol. The van der Waals surface area contributed by atoms with Gasteiger partial charge in [0, 0.05) is 18.1 Å². The van der Waals surface area contributed by atoms with E-state index >= 15 is 0 Å². The summed E-state index contributed by atoms with van der Waals surface area (Å²) < 4.78 is 4.91. The van der Waals surface area contributed by atoms with Gasteiger partial charge in [0.1, 0.15) is 6.07 Å². The minimum Gasteiger partial charge on any atom is -0.365 e. The number of benzene rings is 1. The van der Waals surface area contributed by atoms with Crippen LogP contribution in [0.25, 0.3) is 0 Å². The first kappa shape index (κ1) is 10.9. The lowest BCUT2D eigenvalue weighted by Gasteiger charge is -2.01. The largest absolute Gasteiger partial charge is 0.365 e. The van der Waals surface area contributed by atoms with Gasteiger partial charge in [0.05, 0.1) is 11.5 Å². The van der Waals surface area contributed by atoms with Crippen LogP contribution < -0.4 is 0 Å². The molecule has 0 radical (unpaired) electrons. The molecule has 1 rings (SSSR count).